The highest BCUT2D eigenvalue weighted by atomic mass is 35.5. The van der Waals surface area contributed by atoms with Crippen molar-refractivity contribution in [2.75, 3.05) is 26.1 Å². The van der Waals surface area contributed by atoms with E-state index in [-0.39, 0.29) is 12.4 Å². The van der Waals surface area contributed by atoms with E-state index in [0.717, 1.165) is 0 Å². The molecule has 5 nitrogen and oxygen atoms in total. The van der Waals surface area contributed by atoms with Crippen LogP contribution in [-0.4, -0.2) is 26.7 Å². The molecule has 0 fully saturated rings. The minimum absolute atomic E-state index is 0.238. The van der Waals surface area contributed by atoms with Gasteiger partial charge < -0.3 is 19.5 Å². The molecule has 1 N–H and O–H groups in total. The van der Waals surface area contributed by atoms with Gasteiger partial charge in [0.05, 0.1) is 24.9 Å². The number of carbonyl (C=O) groups is 1. The van der Waals surface area contributed by atoms with Gasteiger partial charge in [-0.3, -0.25) is 4.79 Å². The van der Waals surface area contributed by atoms with E-state index >= 15 is 0 Å². The number of nitrogens with one attached hydrogen (secondary N) is 1. The van der Waals surface area contributed by atoms with Crippen LogP contribution < -0.4 is 19.5 Å². The van der Waals surface area contributed by atoms with Crippen LogP contribution in [-0.2, 0) is 4.79 Å². The Balaban J connectivity index is 2.02. The van der Waals surface area contributed by atoms with E-state index in [1.54, 1.807) is 6.07 Å². The second-order valence-corrected chi connectivity index (χ2v) is 4.89. The van der Waals surface area contributed by atoms with Crippen LogP contribution in [0.5, 0.6) is 17.2 Å². The first-order valence-electron chi connectivity index (χ1n) is 6.63. The van der Waals surface area contributed by atoms with Crippen molar-refractivity contribution in [3.05, 3.63) is 47.2 Å². The van der Waals surface area contributed by atoms with Gasteiger partial charge in [-0.2, -0.15) is 0 Å². The van der Waals surface area contributed by atoms with Crippen LogP contribution in [0, 0.1) is 5.82 Å². The molecule has 0 radical (unpaired) electrons. The molecule has 0 bridgehead atoms. The van der Waals surface area contributed by atoms with Gasteiger partial charge in [-0.1, -0.05) is 11.6 Å². The third-order valence-electron chi connectivity index (χ3n) is 2.93. The smallest absolute Gasteiger partial charge is 0.262 e. The third kappa shape index (κ3) is 4.50. The number of halogens is 2. The lowest BCUT2D eigenvalue weighted by molar-refractivity contribution is -0.118. The molecule has 0 atom stereocenters. The van der Waals surface area contributed by atoms with Gasteiger partial charge >= 0.3 is 0 Å². The standard InChI is InChI=1S/C16H15ClFNO4/c1-21-14-8-15(22-2)13(7-12(14)17)19-16(20)9-23-11-5-3-10(18)4-6-11/h3-8H,9H2,1-2H3,(H,19,20). The van der Waals surface area contributed by atoms with Crippen LogP contribution in [0.4, 0.5) is 10.1 Å². The molecular formula is C16H15ClFNO4. The summed E-state index contributed by atoms with van der Waals surface area (Å²) in [5.74, 6) is 0.444. The molecule has 23 heavy (non-hydrogen) atoms. The molecule has 0 unspecified atom stereocenters. The second kappa shape index (κ2) is 7.69. The minimum Gasteiger partial charge on any atom is -0.495 e. The van der Waals surface area contributed by atoms with Crippen molar-refractivity contribution < 1.29 is 23.4 Å². The Morgan fingerprint density at radius 3 is 2.39 bits per heavy atom. The van der Waals surface area contributed by atoms with Crippen LogP contribution in [0.15, 0.2) is 36.4 Å². The number of hydrogen-bond acceptors (Lipinski definition) is 4. The van der Waals surface area contributed by atoms with Crippen molar-refractivity contribution in [1.82, 2.24) is 0 Å². The summed E-state index contributed by atoms with van der Waals surface area (Å²) < 4.78 is 28.3. The maximum Gasteiger partial charge on any atom is 0.262 e. The normalized spacial score (nSPS) is 10.1. The zero-order valence-corrected chi connectivity index (χ0v) is 13.3. The summed E-state index contributed by atoms with van der Waals surface area (Å²) >= 11 is 6.03. The quantitative estimate of drug-likeness (QED) is 0.875. The molecule has 0 aliphatic heterocycles. The minimum atomic E-state index is -0.408. The average Bonchev–Trinajstić information content (AvgIpc) is 2.54. The Morgan fingerprint density at radius 1 is 1.13 bits per heavy atom. The summed E-state index contributed by atoms with van der Waals surface area (Å²) in [4.78, 5) is 11.9. The SMILES string of the molecule is COc1cc(OC)c(NC(=O)COc2ccc(F)cc2)cc1Cl. The van der Waals surface area contributed by atoms with Gasteiger partial charge in [0.1, 0.15) is 23.1 Å². The molecule has 0 saturated heterocycles. The molecule has 2 aromatic rings. The van der Waals surface area contributed by atoms with Gasteiger partial charge in [-0.25, -0.2) is 4.39 Å². The first-order valence-corrected chi connectivity index (χ1v) is 7.01. The predicted octanol–water partition coefficient (Wildman–Crippen LogP) is 3.51. The van der Waals surface area contributed by atoms with Crippen molar-refractivity contribution >= 4 is 23.2 Å². The van der Waals surface area contributed by atoms with Crippen LogP contribution in [0.2, 0.25) is 5.02 Å². The molecule has 0 saturated carbocycles. The topological polar surface area (TPSA) is 56.8 Å². The summed E-state index contributed by atoms with van der Waals surface area (Å²) in [6.45, 7) is -0.238. The van der Waals surface area contributed by atoms with E-state index in [2.05, 4.69) is 5.32 Å². The van der Waals surface area contributed by atoms with Crippen LogP contribution in [0.25, 0.3) is 0 Å². The van der Waals surface area contributed by atoms with Crippen molar-refractivity contribution in [2.24, 2.45) is 0 Å². The zero-order valence-electron chi connectivity index (χ0n) is 12.6. The fraction of sp³-hybridized carbons (Fsp3) is 0.188. The van der Waals surface area contributed by atoms with Crippen LogP contribution in [0.1, 0.15) is 0 Å². The van der Waals surface area contributed by atoms with Crippen molar-refractivity contribution in [1.29, 1.82) is 0 Å². The molecule has 2 rings (SSSR count). The monoisotopic (exact) mass is 339 g/mol. The van der Waals surface area contributed by atoms with Crippen molar-refractivity contribution in [3.63, 3.8) is 0 Å². The Kier molecular flexibility index (Phi) is 5.65. The van der Waals surface area contributed by atoms with Crippen LogP contribution >= 0.6 is 11.6 Å². The van der Waals surface area contributed by atoms with E-state index in [4.69, 9.17) is 25.8 Å². The average molecular weight is 340 g/mol. The Labute approximate surface area is 137 Å². The van der Waals surface area contributed by atoms with Gasteiger partial charge in [0, 0.05) is 6.07 Å². The summed E-state index contributed by atoms with van der Waals surface area (Å²) in [6, 6.07) is 8.47. The molecule has 1 amide bonds. The first kappa shape index (κ1) is 16.9. The van der Waals surface area contributed by atoms with Gasteiger partial charge in [-0.15, -0.1) is 0 Å². The molecule has 0 spiro atoms. The number of methoxy groups -OCH3 is 2. The zero-order chi connectivity index (χ0) is 16.8. The fourth-order valence-corrected chi connectivity index (χ4v) is 2.06. The lowest BCUT2D eigenvalue weighted by Gasteiger charge is -2.13. The van der Waals surface area contributed by atoms with E-state index in [1.165, 1.54) is 44.6 Å². The lowest BCUT2D eigenvalue weighted by Crippen LogP contribution is -2.20. The largest absolute Gasteiger partial charge is 0.495 e. The van der Waals surface area contributed by atoms with Crippen LogP contribution in [0.3, 0.4) is 0 Å². The summed E-state index contributed by atoms with van der Waals surface area (Å²) in [7, 11) is 2.95. The molecule has 0 aliphatic carbocycles. The van der Waals surface area contributed by atoms with Gasteiger partial charge in [0.15, 0.2) is 6.61 Å². The molecular weight excluding hydrogens is 325 g/mol. The summed E-state index contributed by atoms with van der Waals surface area (Å²) in [6.07, 6.45) is 0. The molecule has 0 aromatic heterocycles. The van der Waals surface area contributed by atoms with Crippen molar-refractivity contribution in [3.8, 4) is 17.2 Å². The maximum absolute atomic E-state index is 12.8. The molecule has 7 heteroatoms. The lowest BCUT2D eigenvalue weighted by atomic mass is 10.2. The highest BCUT2D eigenvalue weighted by Gasteiger charge is 2.13. The number of anilines is 1. The highest BCUT2D eigenvalue weighted by Crippen LogP contribution is 2.35. The number of rotatable bonds is 6. The van der Waals surface area contributed by atoms with E-state index < -0.39 is 5.91 Å². The van der Waals surface area contributed by atoms with Gasteiger partial charge in [0.25, 0.3) is 5.91 Å². The Hall–Kier alpha value is -2.47. The molecule has 0 aliphatic rings. The highest BCUT2D eigenvalue weighted by molar-refractivity contribution is 6.32. The van der Waals surface area contributed by atoms with E-state index in [0.29, 0.717) is 28.0 Å². The number of carbonyl (C=O) groups excluding carboxylic acids is 1. The van der Waals surface area contributed by atoms with E-state index in [1.807, 2.05) is 0 Å². The number of ether oxygens (including phenoxy) is 3. The first-order chi connectivity index (χ1) is 11.0. The van der Waals surface area contributed by atoms with Crippen molar-refractivity contribution in [2.45, 2.75) is 0 Å². The third-order valence-corrected chi connectivity index (χ3v) is 3.23. The second-order valence-electron chi connectivity index (χ2n) is 4.48. The van der Waals surface area contributed by atoms with Gasteiger partial charge in [0.2, 0.25) is 0 Å². The maximum atomic E-state index is 12.8. The summed E-state index contributed by atoms with van der Waals surface area (Å²) in [5, 5.41) is 2.97. The predicted molar refractivity (Wildman–Crippen MR) is 85.1 cm³/mol. The molecule has 0 heterocycles. The Bertz CT molecular complexity index is 691. The fourth-order valence-electron chi connectivity index (χ4n) is 1.82. The Morgan fingerprint density at radius 2 is 1.78 bits per heavy atom. The number of benzene rings is 2. The number of amides is 1. The van der Waals surface area contributed by atoms with E-state index in [9.17, 15) is 9.18 Å². The van der Waals surface area contributed by atoms with Gasteiger partial charge in [-0.05, 0) is 30.3 Å². The summed E-state index contributed by atoms with van der Waals surface area (Å²) in [5.41, 5.74) is 0.394. The molecule has 122 valence electrons. The molecule has 2 aromatic carbocycles. The number of hydrogen-bond donors (Lipinski definition) is 1.